The Hall–Kier alpha value is -1.24. The summed E-state index contributed by atoms with van der Waals surface area (Å²) in [4.78, 5) is 11.3. The van der Waals surface area contributed by atoms with E-state index in [9.17, 15) is 13.2 Å². The Labute approximate surface area is 120 Å². The van der Waals surface area contributed by atoms with Crippen molar-refractivity contribution in [1.29, 1.82) is 0 Å². The molecule has 0 amide bonds. The molecule has 6 heteroatoms. The fraction of sp³-hybridized carbons (Fsp3) is 0.500. The number of hydrogen-bond donors (Lipinski definition) is 2. The minimum atomic E-state index is -3.64. The van der Waals surface area contributed by atoms with Crippen LogP contribution in [0.25, 0.3) is 0 Å². The molecule has 0 atom stereocenters. The molecule has 0 spiro atoms. The van der Waals surface area contributed by atoms with Crippen molar-refractivity contribution in [2.24, 2.45) is 5.73 Å². The predicted octanol–water partition coefficient (Wildman–Crippen LogP) is 1.68. The van der Waals surface area contributed by atoms with Crippen LogP contribution in [0.15, 0.2) is 29.2 Å². The molecule has 0 saturated heterocycles. The van der Waals surface area contributed by atoms with Crippen LogP contribution >= 0.6 is 0 Å². The zero-order chi connectivity index (χ0) is 15.4. The van der Waals surface area contributed by atoms with E-state index in [2.05, 4.69) is 4.72 Å². The Morgan fingerprint density at radius 2 is 1.70 bits per heavy atom. The molecule has 0 bridgehead atoms. The lowest BCUT2D eigenvalue weighted by molar-refractivity contribution is 0.101. The Morgan fingerprint density at radius 1 is 1.20 bits per heavy atom. The van der Waals surface area contributed by atoms with Crippen molar-refractivity contribution in [2.45, 2.75) is 44.0 Å². The maximum Gasteiger partial charge on any atom is 0.241 e. The van der Waals surface area contributed by atoms with E-state index < -0.39 is 15.6 Å². The average Bonchev–Trinajstić information content (AvgIpc) is 2.45. The number of ketones is 1. The summed E-state index contributed by atoms with van der Waals surface area (Å²) in [5.74, 6) is -0.0969. The molecule has 1 rings (SSSR count). The Kier molecular flexibility index (Phi) is 5.44. The van der Waals surface area contributed by atoms with Gasteiger partial charge in [0.2, 0.25) is 10.0 Å². The summed E-state index contributed by atoms with van der Waals surface area (Å²) in [5, 5.41) is 0. The predicted molar refractivity (Wildman–Crippen MR) is 79.1 cm³/mol. The van der Waals surface area contributed by atoms with E-state index in [1.807, 2.05) is 13.8 Å². The van der Waals surface area contributed by atoms with Crippen LogP contribution < -0.4 is 10.5 Å². The number of nitrogens with one attached hydrogen (secondary N) is 1. The molecule has 0 radical (unpaired) electrons. The molecule has 0 aliphatic rings. The van der Waals surface area contributed by atoms with Crippen molar-refractivity contribution in [3.8, 4) is 0 Å². The molecule has 112 valence electrons. The molecule has 3 N–H and O–H groups in total. The number of rotatable bonds is 7. The second kappa shape index (κ2) is 6.47. The number of benzene rings is 1. The van der Waals surface area contributed by atoms with E-state index in [1.54, 1.807) is 0 Å². The molecule has 0 aromatic heterocycles. The highest BCUT2D eigenvalue weighted by atomic mass is 32.2. The first-order valence-electron chi connectivity index (χ1n) is 6.65. The van der Waals surface area contributed by atoms with E-state index in [1.165, 1.54) is 31.2 Å². The van der Waals surface area contributed by atoms with Gasteiger partial charge in [-0.1, -0.05) is 26.0 Å². The smallest absolute Gasteiger partial charge is 0.241 e. The molecule has 0 heterocycles. The van der Waals surface area contributed by atoms with Crippen LogP contribution in [0.2, 0.25) is 0 Å². The monoisotopic (exact) mass is 298 g/mol. The fourth-order valence-electron chi connectivity index (χ4n) is 1.94. The van der Waals surface area contributed by atoms with E-state index >= 15 is 0 Å². The molecule has 0 fully saturated rings. The molecule has 0 aliphatic heterocycles. The van der Waals surface area contributed by atoms with Crippen molar-refractivity contribution in [3.05, 3.63) is 29.8 Å². The maximum absolute atomic E-state index is 12.4. The van der Waals surface area contributed by atoms with Crippen LogP contribution in [0.3, 0.4) is 0 Å². The Bertz CT molecular complexity index is 552. The molecule has 1 aromatic carbocycles. The molecule has 5 nitrogen and oxygen atoms in total. The van der Waals surface area contributed by atoms with Crippen molar-refractivity contribution in [1.82, 2.24) is 4.72 Å². The van der Waals surface area contributed by atoms with Crippen molar-refractivity contribution in [2.75, 3.05) is 6.54 Å². The third-order valence-electron chi connectivity index (χ3n) is 3.67. The van der Waals surface area contributed by atoms with Crippen LogP contribution in [-0.4, -0.2) is 26.3 Å². The van der Waals surface area contributed by atoms with Crippen LogP contribution in [0.1, 0.15) is 44.0 Å². The van der Waals surface area contributed by atoms with Gasteiger partial charge in [0.25, 0.3) is 0 Å². The minimum Gasteiger partial charge on any atom is -0.329 e. The van der Waals surface area contributed by atoms with E-state index in [0.29, 0.717) is 18.4 Å². The van der Waals surface area contributed by atoms with Gasteiger partial charge in [-0.25, -0.2) is 13.1 Å². The van der Waals surface area contributed by atoms with Gasteiger partial charge in [0, 0.05) is 17.6 Å². The van der Waals surface area contributed by atoms with Gasteiger partial charge in [-0.05, 0) is 31.9 Å². The maximum atomic E-state index is 12.4. The number of carbonyl (C=O) groups excluding carboxylic acids is 1. The fourth-order valence-corrected chi connectivity index (χ4v) is 3.49. The third-order valence-corrected chi connectivity index (χ3v) is 5.26. The largest absolute Gasteiger partial charge is 0.329 e. The summed E-state index contributed by atoms with van der Waals surface area (Å²) in [6.07, 6.45) is 1.23. The van der Waals surface area contributed by atoms with Gasteiger partial charge in [0.1, 0.15) is 0 Å². The van der Waals surface area contributed by atoms with E-state index in [0.717, 1.165) is 0 Å². The molecule has 1 aromatic rings. The van der Waals surface area contributed by atoms with Gasteiger partial charge < -0.3 is 5.73 Å². The highest BCUT2D eigenvalue weighted by Gasteiger charge is 2.30. The number of sulfonamides is 1. The summed E-state index contributed by atoms with van der Waals surface area (Å²) in [6, 6.07) is 5.90. The Morgan fingerprint density at radius 3 is 2.05 bits per heavy atom. The second-order valence-corrected chi connectivity index (χ2v) is 6.56. The normalized spacial score (nSPS) is 12.4. The van der Waals surface area contributed by atoms with Crippen LogP contribution in [-0.2, 0) is 10.0 Å². The first-order chi connectivity index (χ1) is 9.30. The minimum absolute atomic E-state index is 0.0969. The standard InChI is InChI=1S/C14H22N2O3S/c1-4-14(5-2,10-15)16-20(18,19)13-8-6-12(7-9-13)11(3)17/h6-9,16H,4-5,10,15H2,1-3H3. The zero-order valence-electron chi connectivity index (χ0n) is 12.1. The molecule has 0 aliphatic carbocycles. The molecule has 0 saturated carbocycles. The van der Waals surface area contributed by atoms with Gasteiger partial charge in [-0.3, -0.25) is 4.79 Å². The highest BCUT2D eigenvalue weighted by Crippen LogP contribution is 2.19. The van der Waals surface area contributed by atoms with Gasteiger partial charge >= 0.3 is 0 Å². The quantitative estimate of drug-likeness (QED) is 0.750. The topological polar surface area (TPSA) is 89.3 Å². The van der Waals surface area contributed by atoms with Gasteiger partial charge in [-0.2, -0.15) is 0 Å². The highest BCUT2D eigenvalue weighted by molar-refractivity contribution is 7.89. The number of Topliss-reactive ketones (excluding diaryl/α,β-unsaturated/α-hetero) is 1. The molecule has 20 heavy (non-hydrogen) atoms. The van der Waals surface area contributed by atoms with Crippen LogP contribution in [0.4, 0.5) is 0 Å². The van der Waals surface area contributed by atoms with Gasteiger partial charge in [0.05, 0.1) is 4.90 Å². The lowest BCUT2D eigenvalue weighted by Gasteiger charge is -2.31. The second-order valence-electron chi connectivity index (χ2n) is 4.88. The summed E-state index contributed by atoms with van der Waals surface area (Å²) < 4.78 is 27.4. The summed E-state index contributed by atoms with van der Waals surface area (Å²) >= 11 is 0. The van der Waals surface area contributed by atoms with Gasteiger partial charge in [0.15, 0.2) is 5.78 Å². The van der Waals surface area contributed by atoms with Crippen LogP contribution in [0, 0.1) is 0 Å². The van der Waals surface area contributed by atoms with Crippen molar-refractivity contribution < 1.29 is 13.2 Å². The molecular weight excluding hydrogens is 276 g/mol. The van der Waals surface area contributed by atoms with Crippen LogP contribution in [0.5, 0.6) is 0 Å². The average molecular weight is 298 g/mol. The first-order valence-corrected chi connectivity index (χ1v) is 8.13. The Balaban J connectivity index is 3.07. The lowest BCUT2D eigenvalue weighted by atomic mass is 9.95. The third kappa shape index (κ3) is 3.65. The van der Waals surface area contributed by atoms with Gasteiger partial charge in [-0.15, -0.1) is 0 Å². The summed E-state index contributed by atoms with van der Waals surface area (Å²) in [5.41, 5.74) is 5.57. The SMILES string of the molecule is CCC(CC)(CN)NS(=O)(=O)c1ccc(C(C)=O)cc1. The molecule has 0 unspecified atom stereocenters. The number of hydrogen-bond acceptors (Lipinski definition) is 4. The molecular formula is C14H22N2O3S. The zero-order valence-corrected chi connectivity index (χ0v) is 13.0. The number of nitrogens with two attached hydrogens (primary N) is 1. The lowest BCUT2D eigenvalue weighted by Crippen LogP contribution is -2.52. The van der Waals surface area contributed by atoms with E-state index in [4.69, 9.17) is 5.73 Å². The van der Waals surface area contributed by atoms with E-state index in [-0.39, 0.29) is 17.2 Å². The summed E-state index contributed by atoms with van der Waals surface area (Å²) in [7, 11) is -3.64. The first kappa shape index (κ1) is 16.8. The summed E-state index contributed by atoms with van der Waals surface area (Å²) in [6.45, 7) is 5.48. The van der Waals surface area contributed by atoms with Crippen molar-refractivity contribution >= 4 is 15.8 Å². The van der Waals surface area contributed by atoms with Crippen molar-refractivity contribution in [3.63, 3.8) is 0 Å². The number of carbonyl (C=O) groups is 1.